The standard InChI is InChI=1S/C10H14N2O3/c1-3-15-10(13)6-4-7(11)9(14-2)8(12)5-6/h4-5H,3,11-12H2,1-2H3. The lowest BCUT2D eigenvalue weighted by atomic mass is 10.1. The number of carbonyl (C=O) groups is 1. The molecule has 5 nitrogen and oxygen atoms in total. The van der Waals surface area contributed by atoms with Crippen molar-refractivity contribution >= 4 is 17.3 Å². The molecular formula is C10H14N2O3. The van der Waals surface area contributed by atoms with Crippen LogP contribution in [0.25, 0.3) is 0 Å². The van der Waals surface area contributed by atoms with Crippen LogP contribution in [0.2, 0.25) is 0 Å². The summed E-state index contributed by atoms with van der Waals surface area (Å²) >= 11 is 0. The summed E-state index contributed by atoms with van der Waals surface area (Å²) < 4.78 is 9.79. The van der Waals surface area contributed by atoms with Gasteiger partial charge in [-0.15, -0.1) is 0 Å². The number of nitrogen functional groups attached to an aromatic ring is 2. The number of nitrogens with two attached hydrogens (primary N) is 2. The Morgan fingerprint density at radius 2 is 1.87 bits per heavy atom. The summed E-state index contributed by atoms with van der Waals surface area (Å²) in [5.41, 5.74) is 12.3. The van der Waals surface area contributed by atoms with Crippen molar-refractivity contribution in [1.29, 1.82) is 0 Å². The Kier molecular flexibility index (Phi) is 3.38. The molecule has 0 atom stereocenters. The summed E-state index contributed by atoms with van der Waals surface area (Å²) in [6, 6.07) is 2.96. The first kappa shape index (κ1) is 11.2. The third-order valence-corrected chi connectivity index (χ3v) is 1.86. The van der Waals surface area contributed by atoms with Gasteiger partial charge in [0.2, 0.25) is 0 Å². The smallest absolute Gasteiger partial charge is 0.338 e. The third kappa shape index (κ3) is 2.31. The second-order valence-electron chi connectivity index (χ2n) is 2.91. The van der Waals surface area contributed by atoms with Crippen LogP contribution >= 0.6 is 0 Å². The predicted octanol–water partition coefficient (Wildman–Crippen LogP) is 1.04. The molecule has 1 rings (SSSR count). The molecule has 0 amide bonds. The number of esters is 1. The van der Waals surface area contributed by atoms with Crippen LogP contribution in [0.1, 0.15) is 17.3 Å². The van der Waals surface area contributed by atoms with Crippen molar-refractivity contribution in [2.45, 2.75) is 6.92 Å². The number of carbonyl (C=O) groups excluding carboxylic acids is 1. The van der Waals surface area contributed by atoms with Gasteiger partial charge in [0.15, 0.2) is 5.75 Å². The lowest BCUT2D eigenvalue weighted by molar-refractivity contribution is 0.0526. The molecule has 0 heterocycles. The minimum Gasteiger partial charge on any atom is -0.492 e. The van der Waals surface area contributed by atoms with E-state index in [1.165, 1.54) is 19.2 Å². The monoisotopic (exact) mass is 210 g/mol. The third-order valence-electron chi connectivity index (χ3n) is 1.86. The maximum Gasteiger partial charge on any atom is 0.338 e. The van der Waals surface area contributed by atoms with Crippen molar-refractivity contribution in [1.82, 2.24) is 0 Å². The van der Waals surface area contributed by atoms with Crippen molar-refractivity contribution in [2.75, 3.05) is 25.2 Å². The highest BCUT2D eigenvalue weighted by Gasteiger charge is 2.12. The highest BCUT2D eigenvalue weighted by atomic mass is 16.5. The van der Waals surface area contributed by atoms with Crippen molar-refractivity contribution < 1.29 is 14.3 Å². The van der Waals surface area contributed by atoms with Crippen LogP contribution in [0, 0.1) is 0 Å². The fourth-order valence-corrected chi connectivity index (χ4v) is 1.24. The summed E-state index contributed by atoms with van der Waals surface area (Å²) in [6.07, 6.45) is 0. The summed E-state index contributed by atoms with van der Waals surface area (Å²) in [6.45, 7) is 2.04. The molecule has 0 bridgehead atoms. The number of hydrogen-bond acceptors (Lipinski definition) is 5. The normalized spacial score (nSPS) is 9.73. The molecule has 0 saturated heterocycles. The van der Waals surface area contributed by atoms with E-state index in [0.29, 0.717) is 29.3 Å². The van der Waals surface area contributed by atoms with Crippen LogP contribution in [-0.2, 0) is 4.74 Å². The number of rotatable bonds is 3. The summed E-state index contributed by atoms with van der Waals surface area (Å²) in [4.78, 5) is 11.4. The molecule has 0 aliphatic heterocycles. The van der Waals surface area contributed by atoms with E-state index in [-0.39, 0.29) is 0 Å². The second-order valence-corrected chi connectivity index (χ2v) is 2.91. The maximum absolute atomic E-state index is 11.4. The van der Waals surface area contributed by atoms with Gasteiger partial charge in [-0.1, -0.05) is 0 Å². The van der Waals surface area contributed by atoms with Crippen molar-refractivity contribution in [2.24, 2.45) is 0 Å². The van der Waals surface area contributed by atoms with Crippen LogP contribution in [-0.4, -0.2) is 19.7 Å². The first-order valence-electron chi connectivity index (χ1n) is 4.50. The number of benzene rings is 1. The van der Waals surface area contributed by atoms with Gasteiger partial charge in [0, 0.05) is 0 Å². The number of ether oxygens (including phenoxy) is 2. The van der Waals surface area contributed by atoms with E-state index in [1.807, 2.05) is 0 Å². The van der Waals surface area contributed by atoms with Crippen molar-refractivity contribution in [3.05, 3.63) is 17.7 Å². The minimum absolute atomic E-state index is 0.310. The van der Waals surface area contributed by atoms with E-state index in [9.17, 15) is 4.79 Å². The molecule has 0 fully saturated rings. The van der Waals surface area contributed by atoms with Gasteiger partial charge in [-0.2, -0.15) is 0 Å². The van der Waals surface area contributed by atoms with Gasteiger partial charge < -0.3 is 20.9 Å². The van der Waals surface area contributed by atoms with E-state index < -0.39 is 5.97 Å². The first-order chi connectivity index (χ1) is 7.10. The fraction of sp³-hybridized carbons (Fsp3) is 0.300. The van der Waals surface area contributed by atoms with Gasteiger partial charge in [0.05, 0.1) is 30.7 Å². The van der Waals surface area contributed by atoms with Crippen LogP contribution in [0.5, 0.6) is 5.75 Å². The summed E-state index contributed by atoms with van der Waals surface area (Å²) in [7, 11) is 1.46. The average molecular weight is 210 g/mol. The highest BCUT2D eigenvalue weighted by Crippen LogP contribution is 2.30. The number of anilines is 2. The Bertz CT molecular complexity index is 354. The molecule has 0 unspecified atom stereocenters. The molecule has 0 spiro atoms. The molecule has 4 N–H and O–H groups in total. The molecule has 0 aliphatic rings. The molecule has 5 heteroatoms. The molecule has 0 saturated carbocycles. The second kappa shape index (κ2) is 4.54. The van der Waals surface area contributed by atoms with Crippen molar-refractivity contribution in [3.63, 3.8) is 0 Å². The molecule has 15 heavy (non-hydrogen) atoms. The Morgan fingerprint density at radius 1 is 1.33 bits per heavy atom. The quantitative estimate of drug-likeness (QED) is 0.574. The zero-order chi connectivity index (χ0) is 11.4. The Labute approximate surface area is 88.0 Å². The van der Waals surface area contributed by atoms with E-state index in [0.717, 1.165) is 0 Å². The van der Waals surface area contributed by atoms with Gasteiger partial charge in [0.25, 0.3) is 0 Å². The molecule has 0 radical (unpaired) electrons. The molecule has 1 aromatic rings. The van der Waals surface area contributed by atoms with Crippen LogP contribution < -0.4 is 16.2 Å². The SMILES string of the molecule is CCOC(=O)c1cc(N)c(OC)c(N)c1. The highest BCUT2D eigenvalue weighted by molar-refractivity contribution is 5.93. The molecule has 1 aromatic carbocycles. The van der Waals surface area contributed by atoms with Gasteiger partial charge in [-0.05, 0) is 19.1 Å². The first-order valence-corrected chi connectivity index (χ1v) is 4.50. The lowest BCUT2D eigenvalue weighted by Gasteiger charge is -2.09. The lowest BCUT2D eigenvalue weighted by Crippen LogP contribution is -2.07. The summed E-state index contributed by atoms with van der Waals surface area (Å²) in [5, 5.41) is 0. The largest absolute Gasteiger partial charge is 0.492 e. The van der Waals surface area contributed by atoms with Crippen LogP contribution in [0.15, 0.2) is 12.1 Å². The van der Waals surface area contributed by atoms with E-state index in [1.54, 1.807) is 6.92 Å². The van der Waals surface area contributed by atoms with Gasteiger partial charge >= 0.3 is 5.97 Å². The van der Waals surface area contributed by atoms with Crippen LogP contribution in [0.3, 0.4) is 0 Å². The Balaban J connectivity index is 3.08. The maximum atomic E-state index is 11.4. The summed E-state index contributed by atoms with van der Waals surface area (Å²) in [5.74, 6) is -0.0680. The molecule has 0 aromatic heterocycles. The zero-order valence-corrected chi connectivity index (χ0v) is 8.74. The average Bonchev–Trinajstić information content (AvgIpc) is 2.17. The van der Waals surface area contributed by atoms with Crippen molar-refractivity contribution in [3.8, 4) is 5.75 Å². The molecule has 0 aliphatic carbocycles. The predicted molar refractivity (Wildman–Crippen MR) is 57.8 cm³/mol. The van der Waals surface area contributed by atoms with Crippen LogP contribution in [0.4, 0.5) is 11.4 Å². The van der Waals surface area contributed by atoms with Gasteiger partial charge in [-0.3, -0.25) is 0 Å². The van der Waals surface area contributed by atoms with E-state index in [4.69, 9.17) is 20.9 Å². The van der Waals surface area contributed by atoms with Gasteiger partial charge in [-0.25, -0.2) is 4.79 Å². The Hall–Kier alpha value is -1.91. The Morgan fingerprint density at radius 3 is 2.27 bits per heavy atom. The number of methoxy groups -OCH3 is 1. The fourth-order valence-electron chi connectivity index (χ4n) is 1.24. The number of hydrogen-bond donors (Lipinski definition) is 2. The molecular weight excluding hydrogens is 196 g/mol. The molecule has 82 valence electrons. The zero-order valence-electron chi connectivity index (χ0n) is 8.74. The minimum atomic E-state index is -0.446. The topological polar surface area (TPSA) is 87.6 Å². The van der Waals surface area contributed by atoms with E-state index >= 15 is 0 Å². The van der Waals surface area contributed by atoms with E-state index in [2.05, 4.69) is 0 Å². The van der Waals surface area contributed by atoms with Gasteiger partial charge in [0.1, 0.15) is 0 Å².